The molecule has 0 bridgehead atoms. The molecule has 0 aliphatic carbocycles. The summed E-state index contributed by atoms with van der Waals surface area (Å²) in [6.07, 6.45) is 0. The van der Waals surface area contributed by atoms with Crippen LogP contribution in [0.5, 0.6) is 0 Å². The molecule has 1 atom stereocenters. The molecule has 2 heterocycles. The van der Waals surface area contributed by atoms with Gasteiger partial charge in [0.15, 0.2) is 0 Å². The number of aryl methyl sites for hydroxylation is 1. The Labute approximate surface area is 107 Å². The fourth-order valence-corrected chi connectivity index (χ4v) is 2.28. The van der Waals surface area contributed by atoms with Crippen LogP contribution in [0.1, 0.15) is 19.5 Å². The molecule has 2 N–H and O–H groups in total. The molecule has 0 spiro atoms. The standard InChI is InChI=1S/C12H19N5O/c1-4-16-5-6-17(9(3)11(16)18)10-7-8(2)14-12(13)15-10/h7,9H,4-6H2,1-3H3,(H2,13,14,15). The van der Waals surface area contributed by atoms with Crippen LogP contribution >= 0.6 is 0 Å². The van der Waals surface area contributed by atoms with Crippen LogP contribution in [-0.4, -0.2) is 46.5 Å². The number of anilines is 2. The molecule has 6 nitrogen and oxygen atoms in total. The zero-order chi connectivity index (χ0) is 13.3. The van der Waals surface area contributed by atoms with Gasteiger partial charge >= 0.3 is 0 Å². The van der Waals surface area contributed by atoms with Crippen molar-refractivity contribution in [3.8, 4) is 0 Å². The lowest BCUT2D eigenvalue weighted by molar-refractivity contribution is -0.133. The average Bonchev–Trinajstić information content (AvgIpc) is 2.31. The predicted molar refractivity (Wildman–Crippen MR) is 70.2 cm³/mol. The van der Waals surface area contributed by atoms with E-state index >= 15 is 0 Å². The fraction of sp³-hybridized carbons (Fsp3) is 0.583. The molecular formula is C12H19N5O. The van der Waals surface area contributed by atoms with Crippen LogP contribution in [0.15, 0.2) is 6.07 Å². The summed E-state index contributed by atoms with van der Waals surface area (Å²) in [6, 6.07) is 1.66. The van der Waals surface area contributed by atoms with E-state index in [0.717, 1.165) is 31.1 Å². The van der Waals surface area contributed by atoms with Crippen molar-refractivity contribution in [2.45, 2.75) is 26.8 Å². The highest BCUT2D eigenvalue weighted by molar-refractivity contribution is 5.85. The second kappa shape index (κ2) is 4.80. The van der Waals surface area contributed by atoms with E-state index in [1.54, 1.807) is 0 Å². The number of nitrogens with zero attached hydrogens (tertiary/aromatic N) is 4. The quantitative estimate of drug-likeness (QED) is 0.822. The van der Waals surface area contributed by atoms with Gasteiger partial charge in [0.1, 0.15) is 11.9 Å². The van der Waals surface area contributed by atoms with E-state index in [9.17, 15) is 4.79 Å². The maximum atomic E-state index is 12.1. The van der Waals surface area contributed by atoms with Gasteiger partial charge in [-0.2, -0.15) is 4.98 Å². The second-order valence-electron chi connectivity index (χ2n) is 4.51. The number of likely N-dealkylation sites (N-methyl/N-ethyl adjacent to an activating group) is 1. The summed E-state index contributed by atoms with van der Waals surface area (Å²) in [7, 11) is 0. The van der Waals surface area contributed by atoms with Crippen molar-refractivity contribution in [2.24, 2.45) is 0 Å². The Morgan fingerprint density at radius 1 is 1.44 bits per heavy atom. The van der Waals surface area contributed by atoms with Crippen molar-refractivity contribution < 1.29 is 4.79 Å². The minimum Gasteiger partial charge on any atom is -0.368 e. The smallest absolute Gasteiger partial charge is 0.245 e. The second-order valence-corrected chi connectivity index (χ2v) is 4.51. The zero-order valence-corrected chi connectivity index (χ0v) is 11.1. The highest BCUT2D eigenvalue weighted by Gasteiger charge is 2.31. The van der Waals surface area contributed by atoms with Gasteiger partial charge in [0, 0.05) is 31.4 Å². The van der Waals surface area contributed by atoms with Gasteiger partial charge in [-0.15, -0.1) is 0 Å². The summed E-state index contributed by atoms with van der Waals surface area (Å²) >= 11 is 0. The summed E-state index contributed by atoms with van der Waals surface area (Å²) in [5.41, 5.74) is 6.47. The molecular weight excluding hydrogens is 230 g/mol. The topological polar surface area (TPSA) is 75.3 Å². The van der Waals surface area contributed by atoms with Gasteiger partial charge in [0.25, 0.3) is 0 Å². The molecule has 0 saturated carbocycles. The van der Waals surface area contributed by atoms with Crippen LogP contribution in [0.25, 0.3) is 0 Å². The zero-order valence-electron chi connectivity index (χ0n) is 11.1. The minimum atomic E-state index is -0.201. The highest BCUT2D eigenvalue weighted by Crippen LogP contribution is 2.20. The normalized spacial score (nSPS) is 20.4. The first-order chi connectivity index (χ1) is 8.52. The number of nitrogens with two attached hydrogens (primary N) is 1. The minimum absolute atomic E-state index is 0.138. The van der Waals surface area contributed by atoms with Crippen molar-refractivity contribution in [1.29, 1.82) is 0 Å². The van der Waals surface area contributed by atoms with Gasteiger partial charge in [-0.1, -0.05) is 0 Å². The molecule has 1 aliphatic heterocycles. The number of hydrogen-bond donors (Lipinski definition) is 1. The molecule has 1 unspecified atom stereocenters. The Bertz CT molecular complexity index is 442. The number of piperazine rings is 1. The van der Waals surface area contributed by atoms with E-state index in [1.165, 1.54) is 0 Å². The first-order valence-corrected chi connectivity index (χ1v) is 6.19. The molecule has 1 aliphatic rings. The van der Waals surface area contributed by atoms with E-state index in [1.807, 2.05) is 36.6 Å². The summed E-state index contributed by atoms with van der Waals surface area (Å²) in [5, 5.41) is 0. The highest BCUT2D eigenvalue weighted by atomic mass is 16.2. The number of carbonyl (C=O) groups is 1. The van der Waals surface area contributed by atoms with E-state index in [0.29, 0.717) is 0 Å². The molecule has 98 valence electrons. The van der Waals surface area contributed by atoms with Gasteiger partial charge in [-0.25, -0.2) is 4.98 Å². The van der Waals surface area contributed by atoms with Crippen molar-refractivity contribution in [2.75, 3.05) is 30.3 Å². The van der Waals surface area contributed by atoms with Gasteiger partial charge in [-0.05, 0) is 20.8 Å². The van der Waals surface area contributed by atoms with Gasteiger partial charge in [0.05, 0.1) is 0 Å². The lowest BCUT2D eigenvalue weighted by Gasteiger charge is -2.39. The van der Waals surface area contributed by atoms with Gasteiger partial charge < -0.3 is 15.5 Å². The Morgan fingerprint density at radius 2 is 2.17 bits per heavy atom. The van der Waals surface area contributed by atoms with Crippen molar-refractivity contribution >= 4 is 17.7 Å². The Kier molecular flexibility index (Phi) is 3.36. The fourth-order valence-electron chi connectivity index (χ4n) is 2.28. The number of aromatic nitrogens is 2. The van der Waals surface area contributed by atoms with Gasteiger partial charge in [-0.3, -0.25) is 4.79 Å². The van der Waals surface area contributed by atoms with E-state index < -0.39 is 0 Å². The Morgan fingerprint density at radius 3 is 2.78 bits per heavy atom. The van der Waals surface area contributed by atoms with Gasteiger partial charge in [0.2, 0.25) is 11.9 Å². The van der Waals surface area contributed by atoms with Crippen LogP contribution in [0, 0.1) is 6.92 Å². The number of carbonyl (C=O) groups excluding carboxylic acids is 1. The third-order valence-corrected chi connectivity index (χ3v) is 3.28. The number of rotatable bonds is 2. The third kappa shape index (κ3) is 2.23. The van der Waals surface area contributed by atoms with Crippen LogP contribution in [0.4, 0.5) is 11.8 Å². The van der Waals surface area contributed by atoms with Crippen molar-refractivity contribution in [3.05, 3.63) is 11.8 Å². The molecule has 1 amide bonds. The lowest BCUT2D eigenvalue weighted by atomic mass is 10.1. The van der Waals surface area contributed by atoms with Crippen LogP contribution in [-0.2, 0) is 4.79 Å². The first-order valence-electron chi connectivity index (χ1n) is 6.19. The SMILES string of the molecule is CCN1CCN(c2cc(C)nc(N)n2)C(C)C1=O. The van der Waals surface area contributed by atoms with E-state index in [4.69, 9.17) is 5.73 Å². The van der Waals surface area contributed by atoms with E-state index in [2.05, 4.69) is 9.97 Å². The van der Waals surface area contributed by atoms with Crippen LogP contribution in [0.3, 0.4) is 0 Å². The molecule has 1 aromatic rings. The Hall–Kier alpha value is -1.85. The monoisotopic (exact) mass is 249 g/mol. The third-order valence-electron chi connectivity index (χ3n) is 3.28. The van der Waals surface area contributed by atoms with Crippen molar-refractivity contribution in [1.82, 2.24) is 14.9 Å². The number of nitrogen functional groups attached to an aromatic ring is 1. The molecule has 6 heteroatoms. The van der Waals surface area contributed by atoms with E-state index in [-0.39, 0.29) is 17.9 Å². The molecule has 1 fully saturated rings. The summed E-state index contributed by atoms with van der Waals surface area (Å²) in [5.74, 6) is 1.12. The van der Waals surface area contributed by atoms with Crippen molar-refractivity contribution in [3.63, 3.8) is 0 Å². The predicted octanol–water partition coefficient (Wildman–Crippen LogP) is 0.424. The Balaban J connectivity index is 2.26. The molecule has 0 radical (unpaired) electrons. The molecule has 1 aromatic heterocycles. The van der Waals surface area contributed by atoms with Crippen LogP contribution in [0.2, 0.25) is 0 Å². The largest absolute Gasteiger partial charge is 0.368 e. The lowest BCUT2D eigenvalue weighted by Crippen LogP contribution is -2.56. The first kappa shape index (κ1) is 12.6. The average molecular weight is 249 g/mol. The molecule has 18 heavy (non-hydrogen) atoms. The molecule has 1 saturated heterocycles. The molecule has 2 rings (SSSR count). The number of amides is 1. The summed E-state index contributed by atoms with van der Waals surface area (Å²) in [6.45, 7) is 8.02. The molecule has 0 aromatic carbocycles. The number of hydrogen-bond acceptors (Lipinski definition) is 5. The maximum Gasteiger partial charge on any atom is 0.245 e. The summed E-state index contributed by atoms with van der Waals surface area (Å²) < 4.78 is 0. The van der Waals surface area contributed by atoms with Crippen LogP contribution < -0.4 is 10.6 Å². The maximum absolute atomic E-state index is 12.1. The summed E-state index contributed by atoms with van der Waals surface area (Å²) in [4.78, 5) is 24.2.